The van der Waals surface area contributed by atoms with Crippen molar-refractivity contribution in [1.82, 2.24) is 0 Å². The summed E-state index contributed by atoms with van der Waals surface area (Å²) >= 11 is 11.9. The first-order valence-electron chi connectivity index (χ1n) is 7.90. The van der Waals surface area contributed by atoms with Gasteiger partial charge >= 0.3 is 5.97 Å². The zero-order valence-corrected chi connectivity index (χ0v) is 15.5. The van der Waals surface area contributed by atoms with E-state index in [2.05, 4.69) is 6.58 Å². The van der Waals surface area contributed by atoms with Gasteiger partial charge in [0.1, 0.15) is 18.1 Å². The average molecular weight is 405 g/mol. The Kier molecular flexibility index (Phi) is 5.84. The second-order valence-electron chi connectivity index (χ2n) is 5.53. The molecule has 0 bridgehead atoms. The second-order valence-corrected chi connectivity index (χ2v) is 6.35. The number of hydrogen-bond donors (Lipinski definition) is 0. The fourth-order valence-electron chi connectivity index (χ4n) is 2.35. The first kappa shape index (κ1) is 19.0. The third-order valence-corrected chi connectivity index (χ3v) is 4.34. The van der Waals surface area contributed by atoms with Crippen molar-refractivity contribution in [3.05, 3.63) is 76.0 Å². The van der Waals surface area contributed by atoms with E-state index >= 15 is 0 Å². The van der Waals surface area contributed by atoms with Gasteiger partial charge in [-0.05, 0) is 35.9 Å². The Morgan fingerprint density at radius 2 is 1.96 bits per heavy atom. The lowest BCUT2D eigenvalue weighted by molar-refractivity contribution is -0.144. The summed E-state index contributed by atoms with van der Waals surface area (Å²) < 4.78 is 15.8. The van der Waals surface area contributed by atoms with Crippen LogP contribution in [-0.4, -0.2) is 25.0 Å². The van der Waals surface area contributed by atoms with Gasteiger partial charge in [-0.3, -0.25) is 4.79 Å². The molecule has 0 aromatic heterocycles. The van der Waals surface area contributed by atoms with Crippen LogP contribution in [-0.2, 0) is 9.53 Å². The first-order valence-corrected chi connectivity index (χ1v) is 8.66. The van der Waals surface area contributed by atoms with E-state index in [0.29, 0.717) is 32.7 Å². The molecule has 0 radical (unpaired) electrons. The molecule has 3 rings (SSSR count). The smallest absolute Gasteiger partial charge is 0.344 e. The Bertz CT molecular complexity index is 949. The van der Waals surface area contributed by atoms with Gasteiger partial charge in [-0.15, -0.1) is 0 Å². The number of esters is 1. The van der Waals surface area contributed by atoms with Crippen LogP contribution < -0.4 is 9.47 Å². The third-order valence-electron chi connectivity index (χ3n) is 3.60. The number of hydrogen-bond acceptors (Lipinski definition) is 5. The number of carbonyl (C=O) groups is 2. The lowest BCUT2D eigenvalue weighted by Gasteiger charge is -2.06. The predicted octanol–water partition coefficient (Wildman–Crippen LogP) is 4.72. The van der Waals surface area contributed by atoms with Crippen LogP contribution in [0, 0.1) is 0 Å². The number of carbonyl (C=O) groups excluding carboxylic acids is 2. The van der Waals surface area contributed by atoms with Gasteiger partial charge in [-0.25, -0.2) is 4.79 Å². The molecule has 0 aliphatic carbocycles. The molecule has 0 N–H and O–H groups in total. The van der Waals surface area contributed by atoms with Crippen LogP contribution in [0.2, 0.25) is 10.0 Å². The van der Waals surface area contributed by atoms with E-state index < -0.39 is 5.97 Å². The molecule has 7 heteroatoms. The van der Waals surface area contributed by atoms with E-state index in [1.54, 1.807) is 42.5 Å². The second kappa shape index (κ2) is 8.29. The summed E-state index contributed by atoms with van der Waals surface area (Å²) in [6, 6.07) is 9.72. The van der Waals surface area contributed by atoms with Crippen LogP contribution in [0.3, 0.4) is 0 Å². The van der Waals surface area contributed by atoms with E-state index in [1.165, 1.54) is 6.08 Å². The molecular formula is C20H14Cl2O5. The monoisotopic (exact) mass is 404 g/mol. The first-order chi connectivity index (χ1) is 13.0. The topological polar surface area (TPSA) is 61.8 Å². The molecule has 1 aliphatic rings. The minimum atomic E-state index is -0.521. The van der Waals surface area contributed by atoms with Crippen LogP contribution in [0.4, 0.5) is 0 Å². The van der Waals surface area contributed by atoms with Crippen LogP contribution in [0.1, 0.15) is 15.9 Å². The number of Topliss-reactive ketones (excluding diaryl/α,β-unsaturated/α-hetero) is 1. The maximum absolute atomic E-state index is 12.5. The van der Waals surface area contributed by atoms with Gasteiger partial charge in [0.05, 0.1) is 15.6 Å². The molecule has 0 fully saturated rings. The van der Waals surface area contributed by atoms with E-state index in [-0.39, 0.29) is 24.8 Å². The Hall–Kier alpha value is -2.76. The minimum Gasteiger partial charge on any atom is -0.482 e. The summed E-state index contributed by atoms with van der Waals surface area (Å²) in [6.07, 6.45) is 3.05. The Morgan fingerprint density at radius 3 is 2.70 bits per heavy atom. The number of allylic oxidation sites excluding steroid dienone is 1. The number of halogens is 2. The number of ether oxygens (including phenoxy) is 3. The lowest BCUT2D eigenvalue weighted by Crippen LogP contribution is -2.14. The van der Waals surface area contributed by atoms with Crippen LogP contribution in [0.25, 0.3) is 6.08 Å². The van der Waals surface area contributed by atoms with Gasteiger partial charge in [0.15, 0.2) is 12.4 Å². The van der Waals surface area contributed by atoms with Crippen LogP contribution in [0.15, 0.2) is 54.8 Å². The molecule has 5 nitrogen and oxygen atoms in total. The minimum absolute atomic E-state index is 0.118. The molecule has 1 aliphatic heterocycles. The molecule has 0 unspecified atom stereocenters. The van der Waals surface area contributed by atoms with E-state index in [1.807, 2.05) is 0 Å². The predicted molar refractivity (Wildman–Crippen MR) is 102 cm³/mol. The molecule has 0 spiro atoms. The molecule has 2 aromatic rings. The van der Waals surface area contributed by atoms with Crippen molar-refractivity contribution in [2.45, 2.75) is 0 Å². The molecular weight excluding hydrogens is 391 g/mol. The summed E-state index contributed by atoms with van der Waals surface area (Å²) in [5, 5.41) is 0.808. The SMILES string of the molecule is C=CCOC(=O)COc1ccc2c(c1)O/C(=C\c1ccc(Cl)c(Cl)c1)C2=O. The number of benzene rings is 2. The number of ketones is 1. The summed E-state index contributed by atoms with van der Waals surface area (Å²) in [7, 11) is 0. The van der Waals surface area contributed by atoms with Gasteiger partial charge in [0, 0.05) is 6.07 Å². The number of rotatable bonds is 6. The third kappa shape index (κ3) is 4.51. The fourth-order valence-corrected chi connectivity index (χ4v) is 2.65. The molecule has 0 saturated carbocycles. The highest BCUT2D eigenvalue weighted by molar-refractivity contribution is 6.42. The molecule has 1 heterocycles. The van der Waals surface area contributed by atoms with Crippen molar-refractivity contribution >= 4 is 41.0 Å². The quantitative estimate of drug-likeness (QED) is 0.396. The van der Waals surface area contributed by atoms with Crippen molar-refractivity contribution in [1.29, 1.82) is 0 Å². The zero-order chi connectivity index (χ0) is 19.4. The van der Waals surface area contributed by atoms with Crippen molar-refractivity contribution < 1.29 is 23.8 Å². The van der Waals surface area contributed by atoms with E-state index in [4.69, 9.17) is 37.4 Å². The normalized spacial score (nSPS) is 13.9. The molecule has 0 atom stereocenters. The highest BCUT2D eigenvalue weighted by atomic mass is 35.5. The Balaban J connectivity index is 1.73. The zero-order valence-electron chi connectivity index (χ0n) is 14.0. The maximum Gasteiger partial charge on any atom is 0.344 e. The largest absolute Gasteiger partial charge is 0.482 e. The summed E-state index contributed by atoms with van der Waals surface area (Å²) in [4.78, 5) is 23.9. The fraction of sp³-hybridized carbons (Fsp3) is 0.100. The van der Waals surface area contributed by atoms with Gasteiger partial charge in [-0.1, -0.05) is 41.9 Å². The molecule has 0 amide bonds. The maximum atomic E-state index is 12.5. The van der Waals surface area contributed by atoms with Crippen LogP contribution in [0.5, 0.6) is 11.5 Å². The highest BCUT2D eigenvalue weighted by Crippen LogP contribution is 2.35. The van der Waals surface area contributed by atoms with E-state index in [0.717, 1.165) is 0 Å². The molecule has 2 aromatic carbocycles. The van der Waals surface area contributed by atoms with Crippen LogP contribution >= 0.6 is 23.2 Å². The van der Waals surface area contributed by atoms with E-state index in [9.17, 15) is 9.59 Å². The van der Waals surface area contributed by atoms with Crippen molar-refractivity contribution in [2.75, 3.05) is 13.2 Å². The standard InChI is InChI=1S/C20H14Cl2O5/c1-2-7-25-19(23)11-26-13-4-5-14-17(10-13)27-18(20(14)24)9-12-3-6-15(21)16(22)8-12/h2-6,8-10H,1,7,11H2/b18-9-. The van der Waals surface area contributed by atoms with Crippen molar-refractivity contribution in [3.63, 3.8) is 0 Å². The average Bonchev–Trinajstić information content (AvgIpc) is 2.96. The summed E-state index contributed by atoms with van der Waals surface area (Å²) in [5.41, 5.74) is 1.09. The molecule has 0 saturated heterocycles. The van der Waals surface area contributed by atoms with Gasteiger partial charge in [0.25, 0.3) is 0 Å². The lowest BCUT2D eigenvalue weighted by atomic mass is 10.1. The van der Waals surface area contributed by atoms with Gasteiger partial charge < -0.3 is 14.2 Å². The Morgan fingerprint density at radius 1 is 1.15 bits per heavy atom. The molecule has 27 heavy (non-hydrogen) atoms. The Labute approximate surface area is 165 Å². The van der Waals surface area contributed by atoms with Crippen molar-refractivity contribution in [3.8, 4) is 11.5 Å². The van der Waals surface area contributed by atoms with Gasteiger partial charge in [-0.2, -0.15) is 0 Å². The van der Waals surface area contributed by atoms with Gasteiger partial charge in [0.2, 0.25) is 5.78 Å². The van der Waals surface area contributed by atoms with Crippen molar-refractivity contribution in [2.24, 2.45) is 0 Å². The summed E-state index contributed by atoms with van der Waals surface area (Å²) in [6.45, 7) is 3.32. The molecule has 138 valence electrons. The highest BCUT2D eigenvalue weighted by Gasteiger charge is 2.27. The summed E-state index contributed by atoms with van der Waals surface area (Å²) in [5.74, 6) is 0.114. The number of fused-ring (bicyclic) bond motifs is 1.